The molecule has 1 N–H and O–H groups in total. The monoisotopic (exact) mass is 291 g/mol. The zero-order chi connectivity index (χ0) is 15.4. The number of aryl methyl sites for hydroxylation is 3. The summed E-state index contributed by atoms with van der Waals surface area (Å²) in [7, 11) is 0. The van der Waals surface area contributed by atoms with Crippen LogP contribution in [0, 0.1) is 6.92 Å². The van der Waals surface area contributed by atoms with Gasteiger partial charge in [-0.2, -0.15) is 5.10 Å². The number of oxazole rings is 1. The van der Waals surface area contributed by atoms with Crippen molar-refractivity contribution in [1.82, 2.24) is 25.1 Å². The number of nitrogens with zero attached hydrogens (tertiary/aromatic N) is 4. The van der Waals surface area contributed by atoms with Gasteiger partial charge in [0.05, 0.1) is 11.7 Å². The summed E-state index contributed by atoms with van der Waals surface area (Å²) in [6.45, 7) is 8.42. The summed E-state index contributed by atoms with van der Waals surface area (Å²) >= 11 is 0. The molecule has 2 heterocycles. The first kappa shape index (κ1) is 15.2. The van der Waals surface area contributed by atoms with Crippen LogP contribution in [0.3, 0.4) is 0 Å². The molecule has 0 unspecified atom stereocenters. The van der Waals surface area contributed by atoms with Gasteiger partial charge in [-0.15, -0.1) is 0 Å². The Morgan fingerprint density at radius 3 is 2.86 bits per heavy atom. The zero-order valence-electron chi connectivity index (χ0n) is 12.9. The molecule has 0 spiro atoms. The molecule has 2 aromatic heterocycles. The summed E-state index contributed by atoms with van der Waals surface area (Å²) in [6, 6.07) is -0.249. The van der Waals surface area contributed by atoms with E-state index in [1.807, 2.05) is 13.8 Å². The van der Waals surface area contributed by atoms with Gasteiger partial charge in [0, 0.05) is 13.0 Å². The molecule has 1 amide bonds. The lowest BCUT2D eigenvalue weighted by Gasteiger charge is -2.13. The Bertz CT molecular complexity index is 617. The molecule has 0 saturated carbocycles. The fourth-order valence-corrected chi connectivity index (χ4v) is 2.13. The summed E-state index contributed by atoms with van der Waals surface area (Å²) < 4.78 is 7.26. The molecule has 0 radical (unpaired) electrons. The molecule has 0 aliphatic heterocycles. The average molecular weight is 291 g/mol. The van der Waals surface area contributed by atoms with Gasteiger partial charge < -0.3 is 9.73 Å². The first-order chi connectivity index (χ1) is 10.1. The molecule has 0 aliphatic rings. The molecule has 0 aliphatic carbocycles. The van der Waals surface area contributed by atoms with Gasteiger partial charge in [-0.3, -0.25) is 4.79 Å². The predicted octanol–water partition coefficient (Wildman–Crippen LogP) is 2.04. The summed E-state index contributed by atoms with van der Waals surface area (Å²) in [5.41, 5.74) is 0.603. The standard InChI is InChI=1S/C14H21N5O2/c1-5-7-19-13(15-8-16-19)10(4)18-14(20)12-9(3)17-11(6-2)21-12/h8,10H,5-7H2,1-4H3,(H,18,20)/t10-/m0/s1. The number of amides is 1. The quantitative estimate of drug-likeness (QED) is 0.880. The van der Waals surface area contributed by atoms with E-state index >= 15 is 0 Å². The Morgan fingerprint density at radius 2 is 2.24 bits per heavy atom. The highest BCUT2D eigenvalue weighted by atomic mass is 16.4. The number of carbonyl (C=O) groups is 1. The molecular formula is C14H21N5O2. The number of rotatable bonds is 6. The Labute approximate surface area is 123 Å². The Morgan fingerprint density at radius 1 is 1.48 bits per heavy atom. The highest BCUT2D eigenvalue weighted by Gasteiger charge is 2.21. The molecule has 0 fully saturated rings. The summed E-state index contributed by atoms with van der Waals surface area (Å²) in [5, 5.41) is 7.04. The van der Waals surface area contributed by atoms with Gasteiger partial charge in [-0.25, -0.2) is 14.6 Å². The van der Waals surface area contributed by atoms with Crippen LogP contribution in [-0.4, -0.2) is 25.7 Å². The first-order valence-electron chi connectivity index (χ1n) is 7.21. The third-order valence-electron chi connectivity index (χ3n) is 3.17. The van der Waals surface area contributed by atoms with Crippen LogP contribution in [0.2, 0.25) is 0 Å². The minimum Gasteiger partial charge on any atom is -0.435 e. The summed E-state index contributed by atoms with van der Waals surface area (Å²) in [6.07, 6.45) is 3.12. The zero-order valence-corrected chi connectivity index (χ0v) is 12.9. The number of nitrogens with one attached hydrogen (secondary N) is 1. The minimum atomic E-state index is -0.279. The Kier molecular flexibility index (Phi) is 4.72. The second-order valence-electron chi connectivity index (χ2n) is 4.91. The van der Waals surface area contributed by atoms with E-state index < -0.39 is 0 Å². The molecule has 0 saturated heterocycles. The molecule has 2 aromatic rings. The van der Waals surface area contributed by atoms with Crippen molar-refractivity contribution in [2.45, 2.75) is 53.1 Å². The number of aromatic nitrogens is 4. The van der Waals surface area contributed by atoms with Crippen molar-refractivity contribution in [2.75, 3.05) is 0 Å². The van der Waals surface area contributed by atoms with Gasteiger partial charge in [0.25, 0.3) is 5.91 Å². The van der Waals surface area contributed by atoms with Gasteiger partial charge in [0.1, 0.15) is 12.2 Å². The number of hydrogen-bond donors (Lipinski definition) is 1. The summed E-state index contributed by atoms with van der Waals surface area (Å²) in [4.78, 5) is 20.7. The van der Waals surface area contributed by atoms with E-state index in [1.165, 1.54) is 6.33 Å². The van der Waals surface area contributed by atoms with Crippen LogP contribution >= 0.6 is 0 Å². The van der Waals surface area contributed by atoms with Crippen molar-refractivity contribution in [3.63, 3.8) is 0 Å². The van der Waals surface area contributed by atoms with Crippen LogP contribution in [0.25, 0.3) is 0 Å². The fourth-order valence-electron chi connectivity index (χ4n) is 2.13. The van der Waals surface area contributed by atoms with Crippen LogP contribution < -0.4 is 5.32 Å². The highest BCUT2D eigenvalue weighted by Crippen LogP contribution is 2.14. The molecule has 1 atom stereocenters. The lowest BCUT2D eigenvalue weighted by molar-refractivity contribution is 0.0906. The van der Waals surface area contributed by atoms with Crippen molar-refractivity contribution in [1.29, 1.82) is 0 Å². The average Bonchev–Trinajstić information content (AvgIpc) is 3.05. The SMILES string of the molecule is CCCn1ncnc1[C@H](C)NC(=O)c1oc(CC)nc1C. The van der Waals surface area contributed by atoms with Gasteiger partial charge in [-0.05, 0) is 20.3 Å². The van der Waals surface area contributed by atoms with E-state index in [-0.39, 0.29) is 17.7 Å². The van der Waals surface area contributed by atoms with Gasteiger partial charge in [0.15, 0.2) is 5.89 Å². The van der Waals surface area contributed by atoms with Crippen LogP contribution in [-0.2, 0) is 13.0 Å². The van der Waals surface area contributed by atoms with E-state index in [2.05, 4.69) is 27.3 Å². The van der Waals surface area contributed by atoms with Crippen molar-refractivity contribution in [3.8, 4) is 0 Å². The van der Waals surface area contributed by atoms with Gasteiger partial charge in [0.2, 0.25) is 5.76 Å². The third-order valence-corrected chi connectivity index (χ3v) is 3.17. The van der Waals surface area contributed by atoms with Crippen LogP contribution in [0.15, 0.2) is 10.7 Å². The lowest BCUT2D eigenvalue weighted by Crippen LogP contribution is -2.29. The second-order valence-corrected chi connectivity index (χ2v) is 4.91. The number of hydrogen-bond acceptors (Lipinski definition) is 5. The van der Waals surface area contributed by atoms with Crippen molar-refractivity contribution >= 4 is 5.91 Å². The number of carbonyl (C=O) groups excluding carboxylic acids is 1. The molecular weight excluding hydrogens is 270 g/mol. The highest BCUT2D eigenvalue weighted by molar-refractivity contribution is 5.92. The lowest BCUT2D eigenvalue weighted by atomic mass is 10.2. The van der Waals surface area contributed by atoms with E-state index in [0.29, 0.717) is 18.0 Å². The molecule has 0 aromatic carbocycles. The predicted molar refractivity (Wildman–Crippen MR) is 76.8 cm³/mol. The third kappa shape index (κ3) is 3.29. The molecule has 0 bridgehead atoms. The van der Waals surface area contributed by atoms with E-state index in [1.54, 1.807) is 11.6 Å². The maximum Gasteiger partial charge on any atom is 0.289 e. The van der Waals surface area contributed by atoms with Crippen LogP contribution in [0.4, 0.5) is 0 Å². The van der Waals surface area contributed by atoms with Crippen molar-refractivity contribution < 1.29 is 9.21 Å². The largest absolute Gasteiger partial charge is 0.435 e. The van der Waals surface area contributed by atoms with E-state index in [4.69, 9.17) is 4.42 Å². The Hall–Kier alpha value is -2.18. The maximum atomic E-state index is 12.3. The van der Waals surface area contributed by atoms with E-state index in [0.717, 1.165) is 18.8 Å². The molecule has 21 heavy (non-hydrogen) atoms. The fraction of sp³-hybridized carbons (Fsp3) is 0.571. The summed E-state index contributed by atoms with van der Waals surface area (Å²) in [5.74, 6) is 1.29. The molecule has 114 valence electrons. The van der Waals surface area contributed by atoms with Crippen molar-refractivity contribution in [2.24, 2.45) is 0 Å². The molecule has 7 nitrogen and oxygen atoms in total. The minimum absolute atomic E-state index is 0.249. The van der Waals surface area contributed by atoms with Crippen LogP contribution in [0.5, 0.6) is 0 Å². The molecule has 2 rings (SSSR count). The van der Waals surface area contributed by atoms with Gasteiger partial charge in [-0.1, -0.05) is 13.8 Å². The van der Waals surface area contributed by atoms with Crippen LogP contribution in [0.1, 0.15) is 61.2 Å². The second kappa shape index (κ2) is 6.51. The normalized spacial score (nSPS) is 12.4. The molecule has 7 heteroatoms. The first-order valence-corrected chi connectivity index (χ1v) is 7.21. The smallest absolute Gasteiger partial charge is 0.289 e. The van der Waals surface area contributed by atoms with Gasteiger partial charge >= 0.3 is 0 Å². The Balaban J connectivity index is 2.11. The van der Waals surface area contributed by atoms with Crippen molar-refractivity contribution in [3.05, 3.63) is 29.5 Å². The maximum absolute atomic E-state index is 12.3. The topological polar surface area (TPSA) is 85.8 Å². The van der Waals surface area contributed by atoms with E-state index in [9.17, 15) is 4.79 Å².